The fourth-order valence-electron chi connectivity index (χ4n) is 4.31. The van der Waals surface area contributed by atoms with E-state index in [1.54, 1.807) is 12.5 Å². The third-order valence-electron chi connectivity index (χ3n) is 6.31. The number of nitrogens with one attached hydrogen (secondary N) is 1. The molecule has 1 N–H and O–H groups in total. The normalized spacial score (nSPS) is 18.7. The van der Waals surface area contributed by atoms with Crippen LogP contribution in [0.4, 0.5) is 0 Å². The lowest BCUT2D eigenvalue weighted by Crippen LogP contribution is -2.48. The van der Waals surface area contributed by atoms with E-state index in [2.05, 4.69) is 26.1 Å². The third kappa shape index (κ3) is 3.27. The molecule has 3 aromatic heterocycles. The number of piperidine rings is 1. The summed E-state index contributed by atoms with van der Waals surface area (Å²) in [7, 11) is 0. The molecule has 0 atom stereocenters. The summed E-state index contributed by atoms with van der Waals surface area (Å²) in [6.07, 6.45) is 12.1. The van der Waals surface area contributed by atoms with E-state index in [4.69, 9.17) is 0 Å². The minimum Gasteiger partial charge on any atom is -0.346 e. The van der Waals surface area contributed by atoms with Crippen LogP contribution in [0, 0.1) is 17.2 Å². The van der Waals surface area contributed by atoms with Gasteiger partial charge >= 0.3 is 0 Å². The molecule has 1 amide bonds. The number of fused-ring (bicyclic) bond motifs is 1. The second-order valence-corrected chi connectivity index (χ2v) is 8.22. The zero-order valence-corrected chi connectivity index (χ0v) is 16.2. The van der Waals surface area contributed by atoms with Crippen molar-refractivity contribution in [2.75, 3.05) is 13.1 Å². The largest absolute Gasteiger partial charge is 0.346 e. The van der Waals surface area contributed by atoms with E-state index in [-0.39, 0.29) is 11.4 Å². The molecule has 4 heterocycles. The Morgan fingerprint density at radius 1 is 1.31 bits per heavy atom. The SMILES string of the molecule is N#CCC1(n2cc(-c3ncnc4[nH]ccc34)cn2)CCN(C(=O)CC2CC2)CC1. The van der Waals surface area contributed by atoms with Crippen LogP contribution in [0.5, 0.6) is 0 Å². The van der Waals surface area contributed by atoms with Gasteiger partial charge in [-0.25, -0.2) is 9.97 Å². The van der Waals surface area contributed by atoms with Gasteiger partial charge in [0.1, 0.15) is 12.0 Å². The van der Waals surface area contributed by atoms with Gasteiger partial charge in [-0.2, -0.15) is 10.4 Å². The number of carbonyl (C=O) groups is 1. The molecular formula is C21H23N7O. The predicted molar refractivity (Wildman–Crippen MR) is 106 cm³/mol. The summed E-state index contributed by atoms with van der Waals surface area (Å²) in [5, 5.41) is 15.1. The van der Waals surface area contributed by atoms with Gasteiger partial charge in [-0.05, 0) is 37.7 Å². The number of nitriles is 1. The highest BCUT2D eigenvalue weighted by molar-refractivity contribution is 5.90. The van der Waals surface area contributed by atoms with Gasteiger partial charge in [-0.3, -0.25) is 9.48 Å². The minimum absolute atomic E-state index is 0.259. The highest BCUT2D eigenvalue weighted by atomic mass is 16.2. The van der Waals surface area contributed by atoms with Crippen LogP contribution in [-0.4, -0.2) is 48.6 Å². The zero-order chi connectivity index (χ0) is 19.8. The molecule has 29 heavy (non-hydrogen) atoms. The molecule has 0 spiro atoms. The lowest BCUT2D eigenvalue weighted by Gasteiger charge is -2.40. The first kappa shape index (κ1) is 17.9. The molecule has 1 aliphatic heterocycles. The van der Waals surface area contributed by atoms with Crippen LogP contribution in [0.3, 0.4) is 0 Å². The van der Waals surface area contributed by atoms with E-state index < -0.39 is 0 Å². The molecule has 3 aromatic rings. The summed E-state index contributed by atoms with van der Waals surface area (Å²) >= 11 is 0. The lowest BCUT2D eigenvalue weighted by molar-refractivity contribution is -0.133. The monoisotopic (exact) mass is 389 g/mol. The number of aromatic amines is 1. The topological polar surface area (TPSA) is 103 Å². The van der Waals surface area contributed by atoms with E-state index in [1.165, 1.54) is 12.8 Å². The van der Waals surface area contributed by atoms with Gasteiger partial charge in [-0.15, -0.1) is 0 Å². The van der Waals surface area contributed by atoms with Gasteiger partial charge in [-0.1, -0.05) is 0 Å². The standard InChI is InChI=1S/C21H23N7O/c22-7-4-21(5-9-27(10-6-21)18(29)11-15-1-2-15)28-13-16(12-26-28)19-17-3-8-23-20(17)25-14-24-19/h3,8,12-15H,1-2,4-6,9-11H2,(H,23,24,25). The molecule has 5 rings (SSSR count). The van der Waals surface area contributed by atoms with Gasteiger partial charge in [0.05, 0.1) is 29.9 Å². The molecule has 148 valence electrons. The maximum atomic E-state index is 12.5. The molecule has 2 fully saturated rings. The number of likely N-dealkylation sites (tertiary alicyclic amines) is 1. The van der Waals surface area contributed by atoms with Crippen molar-refractivity contribution in [3.63, 3.8) is 0 Å². The average Bonchev–Trinajstić information content (AvgIpc) is 3.21. The first-order valence-electron chi connectivity index (χ1n) is 10.2. The van der Waals surface area contributed by atoms with Gasteiger partial charge < -0.3 is 9.88 Å². The summed E-state index contributed by atoms with van der Waals surface area (Å²) < 4.78 is 1.93. The van der Waals surface area contributed by atoms with Crippen molar-refractivity contribution in [3.8, 4) is 17.3 Å². The van der Waals surface area contributed by atoms with E-state index in [1.807, 2.05) is 28.0 Å². The summed E-state index contributed by atoms with van der Waals surface area (Å²) in [6.45, 7) is 1.36. The number of carbonyl (C=O) groups excluding carboxylic acids is 1. The molecule has 0 bridgehead atoms. The smallest absolute Gasteiger partial charge is 0.222 e. The maximum absolute atomic E-state index is 12.5. The van der Waals surface area contributed by atoms with Crippen molar-refractivity contribution in [1.82, 2.24) is 29.6 Å². The summed E-state index contributed by atoms with van der Waals surface area (Å²) in [5.74, 6) is 0.857. The lowest BCUT2D eigenvalue weighted by atomic mass is 9.84. The predicted octanol–water partition coefficient (Wildman–Crippen LogP) is 2.85. The van der Waals surface area contributed by atoms with Gasteiger partial charge in [0.25, 0.3) is 0 Å². The quantitative estimate of drug-likeness (QED) is 0.723. The second-order valence-electron chi connectivity index (χ2n) is 8.22. The Kier molecular flexibility index (Phi) is 4.31. The number of aromatic nitrogens is 5. The van der Waals surface area contributed by atoms with E-state index in [9.17, 15) is 10.1 Å². The van der Waals surface area contributed by atoms with Crippen molar-refractivity contribution in [1.29, 1.82) is 5.26 Å². The average molecular weight is 389 g/mol. The number of rotatable bonds is 5. The molecule has 8 nitrogen and oxygen atoms in total. The number of nitrogens with zero attached hydrogens (tertiary/aromatic N) is 6. The zero-order valence-electron chi connectivity index (χ0n) is 16.2. The molecule has 1 saturated heterocycles. The molecule has 0 unspecified atom stereocenters. The summed E-state index contributed by atoms with van der Waals surface area (Å²) in [5.41, 5.74) is 2.14. The Bertz CT molecular complexity index is 1080. The fourth-order valence-corrected chi connectivity index (χ4v) is 4.31. The van der Waals surface area contributed by atoms with Gasteiger partial charge in [0, 0.05) is 42.9 Å². The summed E-state index contributed by atoms with van der Waals surface area (Å²) in [6, 6.07) is 4.30. The first-order chi connectivity index (χ1) is 14.2. The third-order valence-corrected chi connectivity index (χ3v) is 6.31. The molecule has 1 saturated carbocycles. The van der Waals surface area contributed by atoms with Crippen LogP contribution in [0.15, 0.2) is 31.0 Å². The number of H-pyrrole nitrogens is 1. The Balaban J connectivity index is 1.39. The Morgan fingerprint density at radius 3 is 2.90 bits per heavy atom. The molecule has 1 aliphatic carbocycles. The molecule has 8 heteroatoms. The number of hydrogen-bond donors (Lipinski definition) is 1. The summed E-state index contributed by atoms with van der Waals surface area (Å²) in [4.78, 5) is 26.2. The van der Waals surface area contributed by atoms with Gasteiger partial charge in [0.2, 0.25) is 5.91 Å². The van der Waals surface area contributed by atoms with Crippen LogP contribution in [0.1, 0.15) is 38.5 Å². The van der Waals surface area contributed by atoms with Crippen molar-refractivity contribution >= 4 is 16.9 Å². The van der Waals surface area contributed by atoms with Crippen LogP contribution in [0.25, 0.3) is 22.3 Å². The van der Waals surface area contributed by atoms with Crippen LogP contribution in [-0.2, 0) is 10.3 Å². The Labute approximate surface area is 168 Å². The maximum Gasteiger partial charge on any atom is 0.222 e. The Hall–Kier alpha value is -3.21. The fraction of sp³-hybridized carbons (Fsp3) is 0.476. The molecule has 0 aromatic carbocycles. The van der Waals surface area contributed by atoms with Gasteiger partial charge in [0.15, 0.2) is 0 Å². The van der Waals surface area contributed by atoms with E-state index in [0.717, 1.165) is 35.1 Å². The molecular weight excluding hydrogens is 366 g/mol. The van der Waals surface area contributed by atoms with Crippen LogP contribution in [0.2, 0.25) is 0 Å². The van der Waals surface area contributed by atoms with Crippen LogP contribution < -0.4 is 0 Å². The van der Waals surface area contributed by atoms with Crippen molar-refractivity contribution < 1.29 is 4.79 Å². The number of amides is 1. The van der Waals surface area contributed by atoms with Crippen molar-refractivity contribution in [2.24, 2.45) is 5.92 Å². The highest BCUT2D eigenvalue weighted by Crippen LogP contribution is 2.37. The van der Waals surface area contributed by atoms with Crippen molar-refractivity contribution in [2.45, 2.75) is 44.1 Å². The van der Waals surface area contributed by atoms with Crippen molar-refractivity contribution in [3.05, 3.63) is 31.0 Å². The molecule has 2 aliphatic rings. The highest BCUT2D eigenvalue weighted by Gasteiger charge is 2.39. The Morgan fingerprint density at radius 2 is 2.14 bits per heavy atom. The van der Waals surface area contributed by atoms with E-state index >= 15 is 0 Å². The van der Waals surface area contributed by atoms with E-state index in [0.29, 0.717) is 31.8 Å². The second kappa shape index (κ2) is 6.99. The number of hydrogen-bond acceptors (Lipinski definition) is 5. The molecule has 0 radical (unpaired) electrons. The first-order valence-corrected chi connectivity index (χ1v) is 10.2. The van der Waals surface area contributed by atoms with Crippen LogP contribution >= 0.6 is 0 Å². The minimum atomic E-state index is -0.381.